The van der Waals surface area contributed by atoms with E-state index in [0.29, 0.717) is 6.42 Å². The number of aliphatic hydroxyl groups excluding tert-OH is 1. The molecule has 0 bridgehead atoms. The van der Waals surface area contributed by atoms with Gasteiger partial charge in [0.15, 0.2) is 0 Å². The lowest BCUT2D eigenvalue weighted by molar-refractivity contribution is 0.172. The molecule has 1 heterocycles. The van der Waals surface area contributed by atoms with E-state index in [1.54, 1.807) is 11.3 Å². The SMILES string of the molecule is CCSCCC(O)Cc1nc(C)c(C)s1. The van der Waals surface area contributed by atoms with Gasteiger partial charge in [-0.05, 0) is 31.8 Å². The van der Waals surface area contributed by atoms with E-state index in [-0.39, 0.29) is 6.10 Å². The highest BCUT2D eigenvalue weighted by Crippen LogP contribution is 2.18. The van der Waals surface area contributed by atoms with Crippen LogP contribution in [0.5, 0.6) is 0 Å². The molecule has 0 aromatic carbocycles. The highest BCUT2D eigenvalue weighted by molar-refractivity contribution is 7.99. The van der Waals surface area contributed by atoms with Crippen molar-refractivity contribution in [3.8, 4) is 0 Å². The molecule has 1 aromatic heterocycles. The van der Waals surface area contributed by atoms with Crippen LogP contribution < -0.4 is 0 Å². The Morgan fingerprint density at radius 1 is 1.47 bits per heavy atom. The van der Waals surface area contributed by atoms with E-state index in [9.17, 15) is 5.11 Å². The van der Waals surface area contributed by atoms with Gasteiger partial charge in [0.2, 0.25) is 0 Å². The maximum Gasteiger partial charge on any atom is 0.0956 e. The van der Waals surface area contributed by atoms with Gasteiger partial charge in [0.25, 0.3) is 0 Å². The zero-order valence-electron chi connectivity index (χ0n) is 9.62. The van der Waals surface area contributed by atoms with Gasteiger partial charge in [-0.1, -0.05) is 6.92 Å². The van der Waals surface area contributed by atoms with Crippen molar-refractivity contribution in [2.24, 2.45) is 0 Å². The average molecular weight is 245 g/mol. The Morgan fingerprint density at radius 2 is 2.20 bits per heavy atom. The van der Waals surface area contributed by atoms with Crippen LogP contribution in [-0.4, -0.2) is 27.7 Å². The molecule has 1 N–H and O–H groups in total. The zero-order chi connectivity index (χ0) is 11.3. The van der Waals surface area contributed by atoms with Crippen LogP contribution in [0.25, 0.3) is 0 Å². The number of hydrogen-bond acceptors (Lipinski definition) is 4. The molecular formula is C11H19NOS2. The van der Waals surface area contributed by atoms with Crippen molar-refractivity contribution in [3.63, 3.8) is 0 Å². The molecule has 0 aliphatic rings. The van der Waals surface area contributed by atoms with Gasteiger partial charge in [-0.25, -0.2) is 4.98 Å². The van der Waals surface area contributed by atoms with Crippen LogP contribution in [0.3, 0.4) is 0 Å². The number of nitrogens with zero attached hydrogens (tertiary/aromatic N) is 1. The third-order valence-corrected chi connectivity index (χ3v) is 4.31. The van der Waals surface area contributed by atoms with Crippen molar-refractivity contribution in [1.82, 2.24) is 4.98 Å². The Labute approximate surface area is 100 Å². The predicted octanol–water partition coefficient (Wildman–Crippen LogP) is 2.81. The summed E-state index contributed by atoms with van der Waals surface area (Å²) >= 11 is 3.58. The van der Waals surface area contributed by atoms with Gasteiger partial charge in [0, 0.05) is 11.3 Å². The number of aryl methyl sites for hydroxylation is 2. The van der Waals surface area contributed by atoms with Crippen LogP contribution in [0.4, 0.5) is 0 Å². The minimum atomic E-state index is -0.228. The first-order valence-corrected chi connectivity index (χ1v) is 7.29. The summed E-state index contributed by atoms with van der Waals surface area (Å²) in [6.45, 7) is 6.25. The smallest absolute Gasteiger partial charge is 0.0956 e. The first-order valence-electron chi connectivity index (χ1n) is 5.32. The van der Waals surface area contributed by atoms with Crippen LogP contribution in [0, 0.1) is 13.8 Å². The number of thiazole rings is 1. The average Bonchev–Trinajstić information content (AvgIpc) is 2.46. The molecular weight excluding hydrogens is 226 g/mol. The molecule has 0 aliphatic carbocycles. The molecule has 2 nitrogen and oxygen atoms in total. The number of aromatic nitrogens is 1. The Balaban J connectivity index is 2.34. The fraction of sp³-hybridized carbons (Fsp3) is 0.727. The van der Waals surface area contributed by atoms with Crippen molar-refractivity contribution in [2.45, 2.75) is 39.7 Å². The molecule has 0 amide bonds. The summed E-state index contributed by atoms with van der Waals surface area (Å²) in [4.78, 5) is 5.69. The number of thioether (sulfide) groups is 1. The summed E-state index contributed by atoms with van der Waals surface area (Å²) in [5.41, 5.74) is 1.10. The van der Waals surface area contributed by atoms with Gasteiger partial charge in [-0.3, -0.25) is 0 Å². The van der Waals surface area contributed by atoms with Crippen molar-refractivity contribution in [1.29, 1.82) is 0 Å². The van der Waals surface area contributed by atoms with Gasteiger partial charge < -0.3 is 5.11 Å². The summed E-state index contributed by atoms with van der Waals surface area (Å²) < 4.78 is 0. The zero-order valence-corrected chi connectivity index (χ0v) is 11.2. The topological polar surface area (TPSA) is 33.1 Å². The van der Waals surface area contributed by atoms with Gasteiger partial charge >= 0.3 is 0 Å². The largest absolute Gasteiger partial charge is 0.393 e. The fourth-order valence-electron chi connectivity index (χ4n) is 1.29. The second-order valence-electron chi connectivity index (χ2n) is 3.59. The summed E-state index contributed by atoms with van der Waals surface area (Å²) in [5.74, 6) is 2.17. The Bertz CT molecular complexity index is 279. The van der Waals surface area contributed by atoms with E-state index >= 15 is 0 Å². The molecule has 1 atom stereocenters. The first-order chi connectivity index (χ1) is 7.13. The van der Waals surface area contributed by atoms with Gasteiger partial charge in [-0.15, -0.1) is 11.3 Å². The van der Waals surface area contributed by atoms with Crippen molar-refractivity contribution in [2.75, 3.05) is 11.5 Å². The fourth-order valence-corrected chi connectivity index (χ4v) is 3.03. The molecule has 1 rings (SSSR count). The second-order valence-corrected chi connectivity index (χ2v) is 6.27. The Hall–Kier alpha value is -0.0600. The third-order valence-electron chi connectivity index (χ3n) is 2.28. The van der Waals surface area contributed by atoms with Crippen LogP contribution in [-0.2, 0) is 6.42 Å². The van der Waals surface area contributed by atoms with E-state index < -0.39 is 0 Å². The molecule has 0 radical (unpaired) electrons. The van der Waals surface area contributed by atoms with Crippen LogP contribution in [0.2, 0.25) is 0 Å². The summed E-state index contributed by atoms with van der Waals surface area (Å²) in [6, 6.07) is 0. The van der Waals surface area contributed by atoms with E-state index in [2.05, 4.69) is 18.8 Å². The standard InChI is InChI=1S/C11H19NOS2/c1-4-14-6-5-10(13)7-11-12-8(2)9(3)15-11/h10,13H,4-7H2,1-3H3. The lowest BCUT2D eigenvalue weighted by Crippen LogP contribution is -2.11. The van der Waals surface area contributed by atoms with Crippen LogP contribution in [0.15, 0.2) is 0 Å². The van der Waals surface area contributed by atoms with Crippen molar-refractivity contribution < 1.29 is 5.11 Å². The monoisotopic (exact) mass is 245 g/mol. The first kappa shape index (κ1) is 13.0. The quantitative estimate of drug-likeness (QED) is 0.782. The molecule has 1 aromatic rings. The molecule has 4 heteroatoms. The summed E-state index contributed by atoms with van der Waals surface area (Å²) in [7, 11) is 0. The highest BCUT2D eigenvalue weighted by Gasteiger charge is 2.09. The van der Waals surface area contributed by atoms with E-state index in [4.69, 9.17) is 0 Å². The van der Waals surface area contributed by atoms with Gasteiger partial charge in [-0.2, -0.15) is 11.8 Å². The Morgan fingerprint density at radius 3 is 2.73 bits per heavy atom. The van der Waals surface area contributed by atoms with Crippen molar-refractivity contribution >= 4 is 23.1 Å². The summed E-state index contributed by atoms with van der Waals surface area (Å²) in [5, 5.41) is 10.9. The molecule has 0 saturated carbocycles. The van der Waals surface area contributed by atoms with Crippen LogP contribution >= 0.6 is 23.1 Å². The second kappa shape index (κ2) is 6.51. The maximum atomic E-state index is 9.78. The molecule has 0 saturated heterocycles. The third kappa shape index (κ3) is 4.53. The number of aliphatic hydroxyl groups is 1. The molecule has 0 aliphatic heterocycles. The van der Waals surface area contributed by atoms with E-state index in [1.165, 1.54) is 4.88 Å². The van der Waals surface area contributed by atoms with E-state index in [0.717, 1.165) is 28.6 Å². The number of hydrogen-bond donors (Lipinski definition) is 1. The highest BCUT2D eigenvalue weighted by atomic mass is 32.2. The number of rotatable bonds is 6. The predicted molar refractivity (Wildman–Crippen MR) is 68.9 cm³/mol. The van der Waals surface area contributed by atoms with Crippen molar-refractivity contribution in [3.05, 3.63) is 15.6 Å². The molecule has 86 valence electrons. The lowest BCUT2D eigenvalue weighted by atomic mass is 10.2. The minimum absolute atomic E-state index is 0.228. The van der Waals surface area contributed by atoms with Gasteiger partial charge in [0.1, 0.15) is 0 Å². The molecule has 1 unspecified atom stereocenters. The Kier molecular flexibility index (Phi) is 5.64. The minimum Gasteiger partial charge on any atom is -0.393 e. The summed E-state index contributed by atoms with van der Waals surface area (Å²) in [6.07, 6.45) is 1.36. The molecule has 0 spiro atoms. The lowest BCUT2D eigenvalue weighted by Gasteiger charge is -2.07. The maximum absolute atomic E-state index is 9.78. The normalized spacial score (nSPS) is 13.1. The molecule has 0 fully saturated rings. The van der Waals surface area contributed by atoms with Gasteiger partial charge in [0.05, 0.1) is 16.8 Å². The van der Waals surface area contributed by atoms with E-state index in [1.807, 2.05) is 18.7 Å². The van der Waals surface area contributed by atoms with Crippen LogP contribution in [0.1, 0.15) is 28.9 Å². The molecule has 15 heavy (non-hydrogen) atoms.